The van der Waals surface area contributed by atoms with Gasteiger partial charge in [-0.3, -0.25) is 19.8 Å². The van der Waals surface area contributed by atoms with Crippen molar-refractivity contribution in [3.63, 3.8) is 0 Å². The van der Waals surface area contributed by atoms with Gasteiger partial charge in [0, 0.05) is 7.05 Å². The first kappa shape index (κ1) is 8.20. The van der Waals surface area contributed by atoms with E-state index in [1.54, 1.807) is 13.8 Å². The van der Waals surface area contributed by atoms with E-state index in [9.17, 15) is 9.59 Å². The third-order valence-corrected chi connectivity index (χ3v) is 1.90. The van der Waals surface area contributed by atoms with Crippen molar-refractivity contribution in [3.8, 4) is 0 Å². The van der Waals surface area contributed by atoms with Crippen molar-refractivity contribution < 1.29 is 9.59 Å². The van der Waals surface area contributed by atoms with Gasteiger partial charge in [-0.25, -0.2) is 0 Å². The van der Waals surface area contributed by atoms with Gasteiger partial charge < -0.3 is 0 Å². The van der Waals surface area contributed by atoms with Gasteiger partial charge in [0.1, 0.15) is 0 Å². The predicted molar refractivity (Wildman–Crippen MR) is 39.8 cm³/mol. The summed E-state index contributed by atoms with van der Waals surface area (Å²) in [6, 6.07) is -0.486. The summed E-state index contributed by atoms with van der Waals surface area (Å²) in [4.78, 5) is 23.4. The molecule has 0 aliphatic carbocycles. The third kappa shape index (κ3) is 1.26. The first-order valence-corrected chi connectivity index (χ1v) is 3.61. The maximum atomic E-state index is 11.1. The van der Waals surface area contributed by atoms with Crippen molar-refractivity contribution in [2.24, 2.45) is 0 Å². The Kier molecular flexibility index (Phi) is 1.95. The van der Waals surface area contributed by atoms with Gasteiger partial charge in [-0.2, -0.15) is 0 Å². The van der Waals surface area contributed by atoms with E-state index in [1.165, 1.54) is 11.9 Å². The van der Waals surface area contributed by atoms with Gasteiger partial charge in [-0.15, -0.1) is 0 Å². The normalized spacial score (nSPS) is 32.8. The Morgan fingerprint density at radius 3 is 1.91 bits per heavy atom. The summed E-state index contributed by atoms with van der Waals surface area (Å²) in [5.41, 5.74) is 0. The minimum atomic E-state index is -0.243. The Morgan fingerprint density at radius 2 is 1.55 bits per heavy atom. The van der Waals surface area contributed by atoms with E-state index in [0.29, 0.717) is 0 Å². The average Bonchev–Trinajstić information content (AvgIpc) is 1.97. The minimum Gasteiger partial charge on any atom is -0.295 e. The third-order valence-electron chi connectivity index (χ3n) is 1.90. The average molecular weight is 156 g/mol. The molecule has 0 bridgehead atoms. The standard InChI is InChI=1S/C7H12N2O2/c1-4-6(10)9(3)7(11)5(2)8-4/h4-5,8H,1-3H3. The molecule has 4 nitrogen and oxygen atoms in total. The molecule has 0 aromatic carbocycles. The zero-order chi connectivity index (χ0) is 8.59. The van der Waals surface area contributed by atoms with Crippen molar-refractivity contribution in [3.05, 3.63) is 0 Å². The number of carbonyl (C=O) groups excluding carboxylic acids is 2. The van der Waals surface area contributed by atoms with Crippen LogP contribution in [0.4, 0.5) is 0 Å². The molecule has 1 aliphatic heterocycles. The zero-order valence-electron chi connectivity index (χ0n) is 6.92. The smallest absolute Gasteiger partial charge is 0.245 e. The van der Waals surface area contributed by atoms with Crippen LogP contribution in [-0.2, 0) is 9.59 Å². The highest BCUT2D eigenvalue weighted by molar-refractivity contribution is 6.02. The van der Waals surface area contributed by atoms with E-state index in [2.05, 4.69) is 5.32 Å². The highest BCUT2D eigenvalue weighted by Gasteiger charge is 2.32. The number of amides is 2. The molecular formula is C7H12N2O2. The maximum Gasteiger partial charge on any atom is 0.245 e. The van der Waals surface area contributed by atoms with Crippen LogP contribution >= 0.6 is 0 Å². The molecule has 0 aromatic rings. The second-order valence-electron chi connectivity index (χ2n) is 2.85. The number of nitrogens with zero attached hydrogens (tertiary/aromatic N) is 1. The summed E-state index contributed by atoms with van der Waals surface area (Å²) < 4.78 is 0. The second-order valence-corrected chi connectivity index (χ2v) is 2.85. The van der Waals surface area contributed by atoms with E-state index in [-0.39, 0.29) is 23.9 Å². The molecule has 1 saturated heterocycles. The van der Waals surface area contributed by atoms with Crippen molar-refractivity contribution in [2.75, 3.05) is 7.05 Å². The van der Waals surface area contributed by atoms with Gasteiger partial charge in [0.2, 0.25) is 11.8 Å². The zero-order valence-corrected chi connectivity index (χ0v) is 6.92. The Morgan fingerprint density at radius 1 is 1.18 bits per heavy atom. The molecule has 0 radical (unpaired) electrons. The summed E-state index contributed by atoms with van der Waals surface area (Å²) >= 11 is 0. The molecule has 2 unspecified atom stereocenters. The molecule has 11 heavy (non-hydrogen) atoms. The predicted octanol–water partition coefficient (Wildman–Crippen LogP) is -0.648. The van der Waals surface area contributed by atoms with E-state index < -0.39 is 0 Å². The van der Waals surface area contributed by atoms with Gasteiger partial charge in [0.25, 0.3) is 0 Å². The highest BCUT2D eigenvalue weighted by atomic mass is 16.2. The number of hydrogen-bond donors (Lipinski definition) is 1. The SMILES string of the molecule is CC1NC(C)C(=O)N(C)C1=O. The highest BCUT2D eigenvalue weighted by Crippen LogP contribution is 2.04. The molecule has 1 N–H and O–H groups in total. The number of likely N-dealkylation sites (N-methyl/N-ethyl adjacent to an activating group) is 1. The van der Waals surface area contributed by atoms with Gasteiger partial charge >= 0.3 is 0 Å². The number of nitrogens with one attached hydrogen (secondary N) is 1. The molecule has 0 spiro atoms. The summed E-state index contributed by atoms with van der Waals surface area (Å²) in [6.07, 6.45) is 0. The summed E-state index contributed by atoms with van der Waals surface area (Å²) in [7, 11) is 1.51. The summed E-state index contributed by atoms with van der Waals surface area (Å²) in [5, 5.41) is 2.87. The molecule has 1 rings (SSSR count). The minimum absolute atomic E-state index is 0.159. The number of carbonyl (C=O) groups is 2. The number of rotatable bonds is 0. The lowest BCUT2D eigenvalue weighted by atomic mass is 10.1. The number of imide groups is 1. The molecule has 1 heterocycles. The molecule has 2 amide bonds. The van der Waals surface area contributed by atoms with Crippen molar-refractivity contribution in [2.45, 2.75) is 25.9 Å². The van der Waals surface area contributed by atoms with E-state index in [0.717, 1.165) is 0 Å². The van der Waals surface area contributed by atoms with Crippen LogP contribution in [-0.4, -0.2) is 35.8 Å². The topological polar surface area (TPSA) is 49.4 Å². The fourth-order valence-electron chi connectivity index (χ4n) is 1.21. The molecule has 4 heteroatoms. The maximum absolute atomic E-state index is 11.1. The Balaban J connectivity index is 2.79. The molecule has 0 aromatic heterocycles. The van der Waals surface area contributed by atoms with Crippen LogP contribution < -0.4 is 5.32 Å². The Bertz CT molecular complexity index is 183. The van der Waals surface area contributed by atoms with E-state index in [4.69, 9.17) is 0 Å². The Hall–Kier alpha value is -0.900. The molecule has 0 saturated carbocycles. The van der Waals surface area contributed by atoms with Crippen LogP contribution in [0.1, 0.15) is 13.8 Å². The lowest BCUT2D eigenvalue weighted by molar-refractivity contribution is -0.149. The van der Waals surface area contributed by atoms with E-state index >= 15 is 0 Å². The number of piperazine rings is 1. The molecule has 1 fully saturated rings. The lowest BCUT2D eigenvalue weighted by Gasteiger charge is -2.30. The fourth-order valence-corrected chi connectivity index (χ4v) is 1.21. The van der Waals surface area contributed by atoms with Crippen LogP contribution in [0.2, 0.25) is 0 Å². The Labute approximate surface area is 65.6 Å². The van der Waals surface area contributed by atoms with E-state index in [1.807, 2.05) is 0 Å². The van der Waals surface area contributed by atoms with Gasteiger partial charge in [-0.05, 0) is 13.8 Å². The summed E-state index contributed by atoms with van der Waals surface area (Å²) in [5.74, 6) is -0.318. The first-order valence-electron chi connectivity index (χ1n) is 3.61. The molecule has 62 valence electrons. The van der Waals surface area contributed by atoms with Gasteiger partial charge in [0.05, 0.1) is 12.1 Å². The van der Waals surface area contributed by atoms with Crippen molar-refractivity contribution >= 4 is 11.8 Å². The van der Waals surface area contributed by atoms with Crippen LogP contribution in [0.3, 0.4) is 0 Å². The van der Waals surface area contributed by atoms with Gasteiger partial charge in [-0.1, -0.05) is 0 Å². The second kappa shape index (κ2) is 2.62. The van der Waals surface area contributed by atoms with Crippen LogP contribution in [0, 0.1) is 0 Å². The largest absolute Gasteiger partial charge is 0.295 e. The van der Waals surface area contributed by atoms with Crippen molar-refractivity contribution in [1.29, 1.82) is 0 Å². The van der Waals surface area contributed by atoms with Crippen LogP contribution in [0.25, 0.3) is 0 Å². The summed E-state index contributed by atoms with van der Waals surface area (Å²) in [6.45, 7) is 3.50. The molecular weight excluding hydrogens is 144 g/mol. The quantitative estimate of drug-likeness (QED) is 0.474. The van der Waals surface area contributed by atoms with Crippen LogP contribution in [0.5, 0.6) is 0 Å². The van der Waals surface area contributed by atoms with Gasteiger partial charge in [0.15, 0.2) is 0 Å². The molecule has 2 atom stereocenters. The number of hydrogen-bond acceptors (Lipinski definition) is 3. The molecule has 1 aliphatic rings. The lowest BCUT2D eigenvalue weighted by Crippen LogP contribution is -2.59. The van der Waals surface area contributed by atoms with Crippen molar-refractivity contribution in [1.82, 2.24) is 10.2 Å². The first-order chi connectivity index (χ1) is 5.04. The monoisotopic (exact) mass is 156 g/mol. The van der Waals surface area contributed by atoms with Crippen LogP contribution in [0.15, 0.2) is 0 Å². The fraction of sp³-hybridized carbons (Fsp3) is 0.714.